The molecule has 2 atom stereocenters. The van der Waals surface area contributed by atoms with Gasteiger partial charge in [-0.2, -0.15) is 11.8 Å². The first kappa shape index (κ1) is 13.9. The molecule has 0 aliphatic heterocycles. The van der Waals surface area contributed by atoms with E-state index in [0.29, 0.717) is 5.25 Å². The summed E-state index contributed by atoms with van der Waals surface area (Å²) >= 11 is 1.94. The van der Waals surface area contributed by atoms with Crippen LogP contribution in [0.5, 0.6) is 0 Å². The number of rotatable bonds is 5. The molecule has 0 bridgehead atoms. The molecular weight excluding hydrogens is 266 g/mol. The fourth-order valence-electron chi connectivity index (χ4n) is 2.33. The Kier molecular flexibility index (Phi) is 4.41. The van der Waals surface area contributed by atoms with Gasteiger partial charge in [-0.1, -0.05) is 6.92 Å². The van der Waals surface area contributed by atoms with Gasteiger partial charge in [0.1, 0.15) is 6.33 Å². The zero-order valence-electron chi connectivity index (χ0n) is 10.7. The molecule has 1 aromatic rings. The Labute approximate surface area is 115 Å². The van der Waals surface area contributed by atoms with Gasteiger partial charge in [-0.25, -0.2) is 9.97 Å². The summed E-state index contributed by atoms with van der Waals surface area (Å²) in [7, 11) is 0. The summed E-state index contributed by atoms with van der Waals surface area (Å²) in [5.41, 5.74) is 5.31. The van der Waals surface area contributed by atoms with Gasteiger partial charge in [-0.05, 0) is 25.0 Å². The van der Waals surface area contributed by atoms with Crippen molar-refractivity contribution in [2.24, 2.45) is 0 Å². The van der Waals surface area contributed by atoms with Gasteiger partial charge in [0.05, 0.1) is 4.92 Å². The number of aromatic nitrogens is 2. The van der Waals surface area contributed by atoms with Crippen LogP contribution in [0.15, 0.2) is 6.33 Å². The molecule has 2 rings (SSSR count). The maximum atomic E-state index is 11.0. The number of hydrogen-bond acceptors (Lipinski definition) is 7. The molecule has 0 aromatic carbocycles. The smallest absolute Gasteiger partial charge is 0.352 e. The van der Waals surface area contributed by atoms with Gasteiger partial charge in [0.15, 0.2) is 0 Å². The van der Waals surface area contributed by atoms with Crippen LogP contribution in [0.1, 0.15) is 26.2 Å². The van der Waals surface area contributed by atoms with Crippen molar-refractivity contribution in [3.63, 3.8) is 0 Å². The molecule has 7 nitrogen and oxygen atoms in total. The maximum Gasteiger partial charge on any atom is 0.352 e. The third-order valence-corrected chi connectivity index (χ3v) is 4.39. The summed E-state index contributed by atoms with van der Waals surface area (Å²) < 4.78 is 0. The number of thioether (sulfide) groups is 1. The lowest BCUT2D eigenvalue weighted by atomic mass is 10.2. The van der Waals surface area contributed by atoms with Gasteiger partial charge in [0, 0.05) is 11.3 Å². The van der Waals surface area contributed by atoms with E-state index in [4.69, 9.17) is 5.73 Å². The van der Waals surface area contributed by atoms with Crippen LogP contribution in [-0.2, 0) is 0 Å². The van der Waals surface area contributed by atoms with Crippen molar-refractivity contribution in [3.05, 3.63) is 16.4 Å². The first-order valence-corrected chi connectivity index (χ1v) is 7.29. The van der Waals surface area contributed by atoms with Crippen LogP contribution in [0.4, 0.5) is 17.3 Å². The molecule has 104 valence electrons. The lowest BCUT2D eigenvalue weighted by molar-refractivity contribution is -0.383. The van der Waals surface area contributed by atoms with E-state index < -0.39 is 4.92 Å². The van der Waals surface area contributed by atoms with Crippen molar-refractivity contribution in [3.8, 4) is 0 Å². The minimum Gasteiger partial charge on any atom is -0.378 e. The molecule has 1 saturated carbocycles. The van der Waals surface area contributed by atoms with E-state index in [2.05, 4.69) is 22.2 Å². The molecular formula is C11H17N5O2S. The highest BCUT2D eigenvalue weighted by Crippen LogP contribution is 2.34. The molecule has 3 N–H and O–H groups in total. The number of anilines is 2. The molecule has 1 aromatic heterocycles. The summed E-state index contributed by atoms with van der Waals surface area (Å²) in [4.78, 5) is 18.1. The second kappa shape index (κ2) is 6.05. The Bertz CT molecular complexity index is 470. The zero-order valence-corrected chi connectivity index (χ0v) is 11.5. The maximum absolute atomic E-state index is 11.0. The Morgan fingerprint density at radius 1 is 1.58 bits per heavy atom. The third kappa shape index (κ3) is 3.25. The Hall–Kier alpha value is -1.57. The molecule has 8 heteroatoms. The summed E-state index contributed by atoms with van der Waals surface area (Å²) in [5.74, 6) is 1.22. The number of nitro groups is 1. The van der Waals surface area contributed by atoms with Crippen LogP contribution in [0.2, 0.25) is 0 Å². The highest BCUT2D eigenvalue weighted by molar-refractivity contribution is 7.99. The summed E-state index contributed by atoms with van der Waals surface area (Å²) in [6.07, 6.45) is 4.38. The van der Waals surface area contributed by atoms with Crippen LogP contribution in [0.3, 0.4) is 0 Å². The number of nitrogens with two attached hydrogens (primary N) is 1. The Morgan fingerprint density at radius 3 is 3.05 bits per heavy atom. The topological polar surface area (TPSA) is 107 Å². The van der Waals surface area contributed by atoms with Crippen molar-refractivity contribution in [2.45, 2.75) is 37.5 Å². The Balaban J connectivity index is 2.08. The average molecular weight is 283 g/mol. The molecule has 0 saturated heterocycles. The van der Waals surface area contributed by atoms with Gasteiger partial charge in [-0.15, -0.1) is 0 Å². The van der Waals surface area contributed by atoms with Crippen molar-refractivity contribution in [1.29, 1.82) is 0 Å². The second-order valence-corrected chi connectivity index (χ2v) is 6.02. The van der Waals surface area contributed by atoms with Gasteiger partial charge in [0.25, 0.3) is 0 Å². The lowest BCUT2D eigenvalue weighted by Crippen LogP contribution is -2.18. The highest BCUT2D eigenvalue weighted by atomic mass is 32.2. The normalized spacial score (nSPS) is 22.4. The van der Waals surface area contributed by atoms with Crippen LogP contribution in [0, 0.1) is 10.1 Å². The fourth-order valence-corrected chi connectivity index (χ4v) is 3.47. The summed E-state index contributed by atoms with van der Waals surface area (Å²) in [6.45, 7) is 2.14. The average Bonchev–Trinajstić information content (AvgIpc) is 2.76. The van der Waals surface area contributed by atoms with Crippen molar-refractivity contribution < 1.29 is 4.92 Å². The van der Waals surface area contributed by atoms with Crippen LogP contribution >= 0.6 is 11.8 Å². The predicted octanol–water partition coefficient (Wildman–Crippen LogP) is 2.05. The van der Waals surface area contributed by atoms with Crippen molar-refractivity contribution in [2.75, 3.05) is 16.8 Å². The monoisotopic (exact) mass is 283 g/mol. The standard InChI is InChI=1S/C11H17N5O2S/c1-2-19-8-4-3-7(5-8)15-11-9(16(17)18)10(12)13-6-14-11/h6-8H,2-5H2,1H3,(H3,12,13,14,15). The fraction of sp³-hybridized carbons (Fsp3) is 0.636. The van der Waals surface area contributed by atoms with E-state index in [0.717, 1.165) is 25.0 Å². The predicted molar refractivity (Wildman–Crippen MR) is 76.3 cm³/mol. The van der Waals surface area contributed by atoms with Crippen molar-refractivity contribution in [1.82, 2.24) is 9.97 Å². The third-order valence-electron chi connectivity index (χ3n) is 3.16. The SMILES string of the molecule is CCSC1CCC(Nc2ncnc(N)c2[N+](=O)[O-])C1. The first-order valence-electron chi connectivity index (χ1n) is 6.24. The van der Waals surface area contributed by atoms with Gasteiger partial charge in [-0.3, -0.25) is 10.1 Å². The van der Waals surface area contributed by atoms with Crippen LogP contribution in [0.25, 0.3) is 0 Å². The van der Waals surface area contributed by atoms with E-state index in [-0.39, 0.29) is 23.4 Å². The first-order chi connectivity index (χ1) is 9.11. The highest BCUT2D eigenvalue weighted by Gasteiger charge is 2.28. The van der Waals surface area contributed by atoms with E-state index in [9.17, 15) is 10.1 Å². The molecule has 2 unspecified atom stereocenters. The zero-order chi connectivity index (χ0) is 13.8. The molecule has 0 spiro atoms. The van der Waals surface area contributed by atoms with E-state index in [1.165, 1.54) is 6.33 Å². The van der Waals surface area contributed by atoms with E-state index >= 15 is 0 Å². The molecule has 19 heavy (non-hydrogen) atoms. The quantitative estimate of drug-likeness (QED) is 0.629. The number of nitrogen functional groups attached to an aromatic ring is 1. The minimum absolute atomic E-state index is 0.0972. The van der Waals surface area contributed by atoms with E-state index in [1.54, 1.807) is 0 Å². The minimum atomic E-state index is -0.537. The molecule has 1 fully saturated rings. The van der Waals surface area contributed by atoms with Gasteiger partial charge in [0.2, 0.25) is 11.6 Å². The lowest BCUT2D eigenvalue weighted by Gasteiger charge is -2.13. The van der Waals surface area contributed by atoms with Crippen LogP contribution in [-0.4, -0.2) is 31.9 Å². The molecule has 1 heterocycles. The Morgan fingerprint density at radius 2 is 2.37 bits per heavy atom. The molecule has 0 amide bonds. The second-order valence-electron chi connectivity index (χ2n) is 4.44. The molecule has 1 aliphatic rings. The summed E-state index contributed by atoms with van der Waals surface area (Å²) in [6, 6.07) is 0.219. The largest absolute Gasteiger partial charge is 0.378 e. The number of hydrogen-bond donors (Lipinski definition) is 2. The molecule has 1 aliphatic carbocycles. The molecule has 0 radical (unpaired) electrons. The number of nitrogens with one attached hydrogen (secondary N) is 1. The van der Waals surface area contributed by atoms with E-state index in [1.807, 2.05) is 11.8 Å². The summed E-state index contributed by atoms with van der Waals surface area (Å²) in [5, 5.41) is 14.7. The van der Waals surface area contributed by atoms with Crippen molar-refractivity contribution >= 4 is 29.1 Å². The number of nitrogens with zero attached hydrogens (tertiary/aromatic N) is 3. The van der Waals surface area contributed by atoms with Gasteiger partial charge < -0.3 is 11.1 Å². The van der Waals surface area contributed by atoms with Crippen LogP contribution < -0.4 is 11.1 Å². The van der Waals surface area contributed by atoms with Gasteiger partial charge >= 0.3 is 5.69 Å².